The highest BCUT2D eigenvalue weighted by molar-refractivity contribution is 8.12. The lowest BCUT2D eigenvalue weighted by molar-refractivity contribution is -0.110. The Hall–Kier alpha value is -1.74. The summed E-state index contributed by atoms with van der Waals surface area (Å²) in [5.74, 6) is 1.55. The molecule has 2 aromatic rings. The van der Waals surface area contributed by atoms with Crippen LogP contribution in [0, 0.1) is 0 Å². The highest BCUT2D eigenvalue weighted by atomic mass is 32.2. The van der Waals surface area contributed by atoms with Gasteiger partial charge in [0.25, 0.3) is 0 Å². The second-order valence-corrected chi connectivity index (χ2v) is 5.20. The molecule has 2 aromatic carbocycles. The van der Waals surface area contributed by atoms with E-state index in [-0.39, 0.29) is 5.12 Å². The van der Waals surface area contributed by atoms with E-state index in [1.54, 1.807) is 7.11 Å². The number of hydrogen-bond donors (Lipinski definition) is 0. The van der Waals surface area contributed by atoms with Gasteiger partial charge in [-0.15, -0.1) is 0 Å². The fraction of sp³-hybridized carbons (Fsp3) is 0.188. The molecule has 0 unspecified atom stereocenters. The maximum atomic E-state index is 11.9. The van der Waals surface area contributed by atoms with Gasteiger partial charge < -0.3 is 4.74 Å². The highest BCUT2D eigenvalue weighted by Crippen LogP contribution is 2.17. The predicted octanol–water partition coefficient (Wildman–Crippen LogP) is 3.70. The first-order valence-electron chi connectivity index (χ1n) is 6.10. The van der Waals surface area contributed by atoms with Crippen molar-refractivity contribution < 1.29 is 9.53 Å². The van der Waals surface area contributed by atoms with E-state index in [0.29, 0.717) is 6.42 Å². The van der Waals surface area contributed by atoms with E-state index in [1.807, 2.05) is 54.6 Å². The van der Waals surface area contributed by atoms with Crippen molar-refractivity contribution in [2.75, 3.05) is 7.11 Å². The smallest absolute Gasteiger partial charge is 0.193 e. The van der Waals surface area contributed by atoms with Crippen LogP contribution in [0.4, 0.5) is 0 Å². The van der Waals surface area contributed by atoms with Gasteiger partial charge in [0.1, 0.15) is 5.75 Å². The van der Waals surface area contributed by atoms with E-state index in [0.717, 1.165) is 17.1 Å². The molecule has 0 saturated heterocycles. The summed E-state index contributed by atoms with van der Waals surface area (Å²) in [4.78, 5) is 11.9. The highest BCUT2D eigenvalue weighted by Gasteiger charge is 2.05. The molecule has 0 saturated carbocycles. The Morgan fingerprint density at radius 3 is 2.32 bits per heavy atom. The maximum absolute atomic E-state index is 11.9. The van der Waals surface area contributed by atoms with Crippen molar-refractivity contribution in [3.05, 3.63) is 65.7 Å². The molecule has 0 aliphatic heterocycles. The minimum Gasteiger partial charge on any atom is -0.497 e. The molecule has 0 heterocycles. The number of hydrogen-bond acceptors (Lipinski definition) is 3. The molecule has 0 aliphatic carbocycles. The molecule has 0 bridgehead atoms. The Balaban J connectivity index is 1.83. The van der Waals surface area contributed by atoms with Gasteiger partial charge in [-0.3, -0.25) is 4.79 Å². The van der Waals surface area contributed by atoms with Crippen LogP contribution < -0.4 is 4.74 Å². The third kappa shape index (κ3) is 4.45. The number of benzene rings is 2. The zero-order chi connectivity index (χ0) is 13.5. The zero-order valence-electron chi connectivity index (χ0n) is 10.8. The average Bonchev–Trinajstić information content (AvgIpc) is 2.47. The fourth-order valence-corrected chi connectivity index (χ4v) is 2.49. The summed E-state index contributed by atoms with van der Waals surface area (Å²) in [7, 11) is 1.63. The molecule has 98 valence electrons. The second kappa shape index (κ2) is 7.00. The molecular formula is C16H16O2S. The molecular weight excluding hydrogens is 256 g/mol. The van der Waals surface area contributed by atoms with Crippen molar-refractivity contribution in [1.82, 2.24) is 0 Å². The molecule has 3 heteroatoms. The summed E-state index contributed by atoms with van der Waals surface area (Å²) in [6.07, 6.45) is 0.460. The van der Waals surface area contributed by atoms with Gasteiger partial charge in [-0.05, 0) is 23.3 Å². The minimum absolute atomic E-state index is 0.189. The first kappa shape index (κ1) is 13.7. The van der Waals surface area contributed by atoms with Crippen LogP contribution in [0.1, 0.15) is 11.1 Å². The van der Waals surface area contributed by atoms with E-state index in [4.69, 9.17) is 4.74 Å². The van der Waals surface area contributed by atoms with Crippen LogP contribution in [0.15, 0.2) is 54.6 Å². The van der Waals surface area contributed by atoms with Gasteiger partial charge in [-0.25, -0.2) is 0 Å². The van der Waals surface area contributed by atoms with Gasteiger partial charge in [0, 0.05) is 12.2 Å². The molecule has 2 rings (SSSR count). The number of methoxy groups -OCH3 is 1. The topological polar surface area (TPSA) is 26.3 Å². The molecule has 0 aromatic heterocycles. The van der Waals surface area contributed by atoms with E-state index in [9.17, 15) is 4.79 Å². The molecule has 0 aliphatic rings. The van der Waals surface area contributed by atoms with Crippen molar-refractivity contribution in [3.8, 4) is 5.75 Å². The Morgan fingerprint density at radius 1 is 1.00 bits per heavy atom. The van der Waals surface area contributed by atoms with Crippen molar-refractivity contribution in [2.45, 2.75) is 12.2 Å². The summed E-state index contributed by atoms with van der Waals surface area (Å²) in [6, 6.07) is 17.6. The largest absolute Gasteiger partial charge is 0.497 e. The lowest BCUT2D eigenvalue weighted by atomic mass is 10.2. The molecule has 2 nitrogen and oxygen atoms in total. The van der Waals surface area contributed by atoms with Crippen LogP contribution in [0.5, 0.6) is 5.75 Å². The standard InChI is InChI=1S/C16H16O2S/c1-18-15-9-7-13(8-10-15)11-16(17)19-12-14-5-3-2-4-6-14/h2-10H,11-12H2,1H3. The summed E-state index contributed by atoms with van der Waals surface area (Å²) >= 11 is 1.36. The monoisotopic (exact) mass is 272 g/mol. The van der Waals surface area contributed by atoms with Gasteiger partial charge in [0.2, 0.25) is 0 Å². The Bertz CT molecular complexity index is 520. The lowest BCUT2D eigenvalue weighted by Gasteiger charge is -2.03. The number of rotatable bonds is 5. The quantitative estimate of drug-likeness (QED) is 0.830. The third-order valence-electron chi connectivity index (χ3n) is 2.75. The van der Waals surface area contributed by atoms with Gasteiger partial charge in [-0.2, -0.15) is 0 Å². The number of thioether (sulfide) groups is 1. The molecule has 0 fully saturated rings. The van der Waals surface area contributed by atoms with Crippen LogP contribution in [-0.4, -0.2) is 12.2 Å². The second-order valence-electron chi connectivity index (χ2n) is 4.17. The number of carbonyl (C=O) groups excluding carboxylic acids is 1. The maximum Gasteiger partial charge on any atom is 0.193 e. The van der Waals surface area contributed by atoms with Gasteiger partial charge in [0.05, 0.1) is 7.11 Å². The lowest BCUT2D eigenvalue weighted by Crippen LogP contribution is -1.98. The number of carbonyl (C=O) groups is 1. The molecule has 0 amide bonds. The molecule has 19 heavy (non-hydrogen) atoms. The van der Waals surface area contributed by atoms with Crippen molar-refractivity contribution in [2.24, 2.45) is 0 Å². The van der Waals surface area contributed by atoms with Crippen LogP contribution >= 0.6 is 11.8 Å². The summed E-state index contributed by atoms with van der Waals surface area (Å²) < 4.78 is 5.09. The van der Waals surface area contributed by atoms with Crippen LogP contribution in [-0.2, 0) is 17.0 Å². The molecule has 0 radical (unpaired) electrons. The van der Waals surface area contributed by atoms with Crippen LogP contribution in [0.3, 0.4) is 0 Å². The van der Waals surface area contributed by atoms with Gasteiger partial charge in [-0.1, -0.05) is 54.2 Å². The fourth-order valence-electron chi connectivity index (χ4n) is 1.70. The van der Waals surface area contributed by atoms with Crippen LogP contribution in [0.2, 0.25) is 0 Å². The SMILES string of the molecule is COc1ccc(CC(=O)SCc2ccccc2)cc1. The zero-order valence-corrected chi connectivity index (χ0v) is 11.7. The Labute approximate surface area is 117 Å². The molecule has 0 spiro atoms. The summed E-state index contributed by atoms with van der Waals surface area (Å²) in [5, 5.41) is 0.189. The van der Waals surface area contributed by atoms with Crippen LogP contribution in [0.25, 0.3) is 0 Å². The first-order chi connectivity index (χ1) is 9.28. The summed E-state index contributed by atoms with van der Waals surface area (Å²) in [6.45, 7) is 0. The predicted molar refractivity (Wildman–Crippen MR) is 79.4 cm³/mol. The Morgan fingerprint density at radius 2 is 1.68 bits per heavy atom. The first-order valence-corrected chi connectivity index (χ1v) is 7.09. The summed E-state index contributed by atoms with van der Waals surface area (Å²) in [5.41, 5.74) is 2.20. The van der Waals surface area contributed by atoms with Crippen molar-refractivity contribution in [3.63, 3.8) is 0 Å². The van der Waals surface area contributed by atoms with Crippen molar-refractivity contribution in [1.29, 1.82) is 0 Å². The van der Waals surface area contributed by atoms with E-state index < -0.39 is 0 Å². The van der Waals surface area contributed by atoms with E-state index in [2.05, 4.69) is 0 Å². The van der Waals surface area contributed by atoms with Crippen molar-refractivity contribution >= 4 is 16.9 Å². The normalized spacial score (nSPS) is 10.2. The molecule has 0 atom stereocenters. The average molecular weight is 272 g/mol. The van der Waals surface area contributed by atoms with E-state index >= 15 is 0 Å². The number of ether oxygens (including phenoxy) is 1. The van der Waals surface area contributed by atoms with E-state index in [1.165, 1.54) is 17.3 Å². The van der Waals surface area contributed by atoms with Gasteiger partial charge in [0.15, 0.2) is 5.12 Å². The minimum atomic E-state index is 0.189. The van der Waals surface area contributed by atoms with Gasteiger partial charge >= 0.3 is 0 Å². The third-order valence-corrected chi connectivity index (χ3v) is 3.69. The molecule has 0 N–H and O–H groups in total. The Kier molecular flexibility index (Phi) is 5.04.